The summed E-state index contributed by atoms with van der Waals surface area (Å²) in [5, 5.41) is 16.7. The van der Waals surface area contributed by atoms with Crippen LogP contribution in [0.3, 0.4) is 0 Å². The quantitative estimate of drug-likeness (QED) is 0.888. The lowest BCUT2D eigenvalue weighted by Crippen LogP contribution is -2.08. The minimum atomic E-state index is -1.10. The van der Waals surface area contributed by atoms with Crippen LogP contribution in [0, 0.1) is 6.92 Å². The Bertz CT molecular complexity index is 593. The van der Waals surface area contributed by atoms with Gasteiger partial charge in [-0.3, -0.25) is 0 Å². The van der Waals surface area contributed by atoms with Crippen LogP contribution < -0.4 is 0 Å². The Morgan fingerprint density at radius 1 is 1.47 bits per heavy atom. The van der Waals surface area contributed by atoms with E-state index in [1.165, 1.54) is 4.68 Å². The van der Waals surface area contributed by atoms with E-state index in [-0.39, 0.29) is 12.3 Å². The summed E-state index contributed by atoms with van der Waals surface area (Å²) in [6, 6.07) is 7.61. The maximum absolute atomic E-state index is 11.1. The monoisotopic (exact) mass is 261 g/mol. The summed E-state index contributed by atoms with van der Waals surface area (Å²) < 4.78 is 6.80. The van der Waals surface area contributed by atoms with Crippen molar-refractivity contribution < 1.29 is 14.6 Å². The fraction of sp³-hybridized carbons (Fsp3) is 0.308. The number of nitrogens with zero attached hydrogens (tertiary/aromatic N) is 3. The zero-order valence-electron chi connectivity index (χ0n) is 10.8. The van der Waals surface area contributed by atoms with Gasteiger partial charge in [0.25, 0.3) is 0 Å². The molecule has 0 unspecified atom stereocenters. The Morgan fingerprint density at radius 3 is 2.89 bits per heavy atom. The molecule has 6 nitrogen and oxygen atoms in total. The number of aromatic carboxylic acids is 1. The molecule has 0 fully saturated rings. The zero-order chi connectivity index (χ0) is 13.8. The molecule has 0 aliphatic carbocycles. The summed E-state index contributed by atoms with van der Waals surface area (Å²) in [6.07, 6.45) is 0. The number of hydrogen-bond acceptors (Lipinski definition) is 4. The van der Waals surface area contributed by atoms with Crippen molar-refractivity contribution in [1.82, 2.24) is 15.0 Å². The van der Waals surface area contributed by atoms with Gasteiger partial charge in [0.2, 0.25) is 0 Å². The van der Waals surface area contributed by atoms with Crippen molar-refractivity contribution in [2.24, 2.45) is 0 Å². The van der Waals surface area contributed by atoms with Crippen LogP contribution in [0.2, 0.25) is 0 Å². The van der Waals surface area contributed by atoms with Crippen LogP contribution in [0.4, 0.5) is 0 Å². The van der Waals surface area contributed by atoms with Crippen LogP contribution in [0.1, 0.15) is 28.7 Å². The third kappa shape index (κ3) is 2.79. The summed E-state index contributed by atoms with van der Waals surface area (Å²) in [7, 11) is 0. The third-order valence-corrected chi connectivity index (χ3v) is 2.65. The molecule has 2 rings (SSSR count). The van der Waals surface area contributed by atoms with Crippen LogP contribution in [-0.2, 0) is 11.3 Å². The van der Waals surface area contributed by atoms with Gasteiger partial charge >= 0.3 is 5.97 Å². The van der Waals surface area contributed by atoms with Crippen molar-refractivity contribution in [3.63, 3.8) is 0 Å². The van der Waals surface area contributed by atoms with Gasteiger partial charge in [0.15, 0.2) is 5.69 Å². The van der Waals surface area contributed by atoms with E-state index in [2.05, 4.69) is 10.3 Å². The van der Waals surface area contributed by atoms with E-state index < -0.39 is 5.97 Å². The van der Waals surface area contributed by atoms with Crippen molar-refractivity contribution in [1.29, 1.82) is 0 Å². The van der Waals surface area contributed by atoms with Crippen molar-refractivity contribution in [2.75, 3.05) is 6.61 Å². The maximum atomic E-state index is 11.1. The molecule has 1 N–H and O–H groups in total. The highest BCUT2D eigenvalue weighted by Crippen LogP contribution is 2.15. The first-order valence-corrected chi connectivity index (χ1v) is 5.96. The van der Waals surface area contributed by atoms with E-state index in [4.69, 9.17) is 9.84 Å². The van der Waals surface area contributed by atoms with Crippen molar-refractivity contribution in [3.05, 3.63) is 41.2 Å². The molecule has 0 bridgehead atoms. The first kappa shape index (κ1) is 13.2. The summed E-state index contributed by atoms with van der Waals surface area (Å²) in [4.78, 5) is 11.1. The predicted molar refractivity (Wildman–Crippen MR) is 68.4 cm³/mol. The van der Waals surface area contributed by atoms with E-state index >= 15 is 0 Å². The summed E-state index contributed by atoms with van der Waals surface area (Å²) in [5.74, 6) is -1.10. The molecule has 0 saturated carbocycles. The number of aromatic nitrogens is 3. The van der Waals surface area contributed by atoms with Crippen molar-refractivity contribution >= 4 is 5.97 Å². The lowest BCUT2D eigenvalue weighted by atomic mass is 10.2. The molecule has 0 atom stereocenters. The Labute approximate surface area is 110 Å². The highest BCUT2D eigenvalue weighted by atomic mass is 16.5. The van der Waals surface area contributed by atoms with Gasteiger partial charge in [-0.25, -0.2) is 9.48 Å². The lowest BCUT2D eigenvalue weighted by Gasteiger charge is -2.07. The van der Waals surface area contributed by atoms with E-state index in [9.17, 15) is 4.79 Å². The highest BCUT2D eigenvalue weighted by molar-refractivity contribution is 5.86. The van der Waals surface area contributed by atoms with Crippen LogP contribution >= 0.6 is 0 Å². The molecule has 2 aromatic rings. The van der Waals surface area contributed by atoms with Crippen LogP contribution in [0.25, 0.3) is 5.69 Å². The standard InChI is InChI=1S/C13H15N3O3/c1-3-19-8-11-12(13(17)18)14-15-16(11)10-6-4-5-9(2)7-10/h4-7H,3,8H2,1-2H3,(H,17,18). The highest BCUT2D eigenvalue weighted by Gasteiger charge is 2.19. The summed E-state index contributed by atoms with van der Waals surface area (Å²) >= 11 is 0. The second-order valence-corrected chi connectivity index (χ2v) is 4.08. The zero-order valence-corrected chi connectivity index (χ0v) is 10.8. The molecule has 6 heteroatoms. The SMILES string of the molecule is CCOCc1c(C(=O)O)nnn1-c1cccc(C)c1. The van der Waals surface area contributed by atoms with E-state index in [1.54, 1.807) is 0 Å². The molecule has 1 heterocycles. The molecule has 0 spiro atoms. The number of carbonyl (C=O) groups is 1. The van der Waals surface area contributed by atoms with E-state index in [0.29, 0.717) is 12.3 Å². The third-order valence-electron chi connectivity index (χ3n) is 2.65. The largest absolute Gasteiger partial charge is 0.476 e. The van der Waals surface area contributed by atoms with E-state index in [1.807, 2.05) is 38.1 Å². The topological polar surface area (TPSA) is 77.2 Å². The normalized spacial score (nSPS) is 10.6. The Morgan fingerprint density at radius 2 is 2.26 bits per heavy atom. The van der Waals surface area contributed by atoms with Crippen LogP contribution in [0.5, 0.6) is 0 Å². The average Bonchev–Trinajstić information content (AvgIpc) is 2.80. The fourth-order valence-electron chi connectivity index (χ4n) is 1.76. The first-order chi connectivity index (χ1) is 9.13. The smallest absolute Gasteiger partial charge is 0.358 e. The number of carboxylic acids is 1. The number of ether oxygens (including phenoxy) is 1. The summed E-state index contributed by atoms with van der Waals surface area (Å²) in [6.45, 7) is 4.47. The van der Waals surface area contributed by atoms with Gasteiger partial charge in [0.1, 0.15) is 5.69 Å². The molecular formula is C13H15N3O3. The average molecular weight is 261 g/mol. The van der Waals surface area contributed by atoms with Crippen LogP contribution in [0.15, 0.2) is 24.3 Å². The number of rotatable bonds is 5. The second-order valence-electron chi connectivity index (χ2n) is 4.08. The molecule has 1 aromatic heterocycles. The predicted octanol–water partition coefficient (Wildman–Crippen LogP) is 1.81. The molecule has 1 aromatic carbocycles. The second kappa shape index (κ2) is 5.62. The molecular weight excluding hydrogens is 246 g/mol. The lowest BCUT2D eigenvalue weighted by molar-refractivity contribution is 0.0681. The Balaban J connectivity index is 2.47. The van der Waals surface area contributed by atoms with Gasteiger partial charge in [-0.1, -0.05) is 17.3 Å². The van der Waals surface area contributed by atoms with Gasteiger partial charge in [0.05, 0.1) is 12.3 Å². The number of benzene rings is 1. The van der Waals surface area contributed by atoms with Gasteiger partial charge < -0.3 is 9.84 Å². The number of aryl methyl sites for hydroxylation is 1. The minimum absolute atomic E-state index is 0.0741. The van der Waals surface area contributed by atoms with Gasteiger partial charge in [-0.2, -0.15) is 0 Å². The molecule has 100 valence electrons. The number of carboxylic acid groups (broad SMARTS) is 1. The molecule has 0 amide bonds. The Hall–Kier alpha value is -2.21. The molecule has 0 aliphatic rings. The van der Waals surface area contributed by atoms with Crippen molar-refractivity contribution in [3.8, 4) is 5.69 Å². The minimum Gasteiger partial charge on any atom is -0.476 e. The molecule has 0 saturated heterocycles. The molecule has 19 heavy (non-hydrogen) atoms. The van der Waals surface area contributed by atoms with Crippen molar-refractivity contribution in [2.45, 2.75) is 20.5 Å². The summed E-state index contributed by atoms with van der Waals surface area (Å²) in [5.41, 5.74) is 2.21. The molecule has 0 aliphatic heterocycles. The van der Waals surface area contributed by atoms with Gasteiger partial charge in [-0.15, -0.1) is 5.10 Å². The van der Waals surface area contributed by atoms with E-state index in [0.717, 1.165) is 11.3 Å². The maximum Gasteiger partial charge on any atom is 0.358 e. The van der Waals surface area contributed by atoms with Crippen LogP contribution in [-0.4, -0.2) is 32.7 Å². The van der Waals surface area contributed by atoms with Gasteiger partial charge in [-0.05, 0) is 31.5 Å². The Kier molecular flexibility index (Phi) is 3.91. The molecule has 0 radical (unpaired) electrons. The number of hydrogen-bond donors (Lipinski definition) is 1. The fourth-order valence-corrected chi connectivity index (χ4v) is 1.76. The van der Waals surface area contributed by atoms with Gasteiger partial charge in [0, 0.05) is 6.61 Å². The first-order valence-electron chi connectivity index (χ1n) is 5.96.